The zero-order chi connectivity index (χ0) is 21.1. The van der Waals surface area contributed by atoms with E-state index in [-0.39, 0.29) is 0 Å². The molecule has 0 radical (unpaired) electrons. The molecule has 0 saturated heterocycles. The molecule has 8 nitrogen and oxygen atoms in total. The van der Waals surface area contributed by atoms with Crippen molar-refractivity contribution in [3.8, 4) is 0 Å². The van der Waals surface area contributed by atoms with Gasteiger partial charge in [-0.2, -0.15) is 10.2 Å². The molecule has 0 aliphatic rings. The topological polar surface area (TPSA) is 103 Å². The van der Waals surface area contributed by atoms with E-state index in [1.165, 1.54) is 12.6 Å². The molecule has 150 valence electrons. The van der Waals surface area contributed by atoms with Crippen molar-refractivity contribution in [3.05, 3.63) is 73.4 Å². The van der Waals surface area contributed by atoms with E-state index in [9.17, 15) is 0 Å². The second kappa shape index (κ2) is 11.0. The monoisotopic (exact) mass is 391 g/mol. The van der Waals surface area contributed by atoms with E-state index in [4.69, 9.17) is 10.5 Å². The third-order valence-corrected chi connectivity index (χ3v) is 3.66. The Kier molecular flexibility index (Phi) is 8.12. The van der Waals surface area contributed by atoms with Crippen molar-refractivity contribution in [1.29, 1.82) is 0 Å². The van der Waals surface area contributed by atoms with Gasteiger partial charge >= 0.3 is 0 Å². The highest BCUT2D eigenvalue weighted by Crippen LogP contribution is 2.21. The van der Waals surface area contributed by atoms with E-state index in [1.807, 2.05) is 50.3 Å². The Morgan fingerprint density at radius 3 is 2.76 bits per heavy atom. The first-order valence-corrected chi connectivity index (χ1v) is 8.90. The molecule has 2 heterocycles. The number of nitrogen functional groups attached to an aromatic ring is 1. The Morgan fingerprint density at radius 1 is 1.28 bits per heavy atom. The van der Waals surface area contributed by atoms with E-state index in [1.54, 1.807) is 30.3 Å². The maximum Gasteiger partial charge on any atom is 0.168 e. The summed E-state index contributed by atoms with van der Waals surface area (Å²) in [5.74, 6) is 0.542. The van der Waals surface area contributed by atoms with Crippen LogP contribution in [0.1, 0.15) is 19.4 Å². The van der Waals surface area contributed by atoms with Crippen molar-refractivity contribution >= 4 is 34.5 Å². The largest absolute Gasteiger partial charge is 0.504 e. The number of anilines is 2. The molecule has 0 fully saturated rings. The Hall–Kier alpha value is -3.94. The molecule has 8 heteroatoms. The number of benzene rings is 1. The lowest BCUT2D eigenvalue weighted by molar-refractivity contribution is 0.338. The van der Waals surface area contributed by atoms with Crippen molar-refractivity contribution in [1.82, 2.24) is 19.7 Å². The van der Waals surface area contributed by atoms with Gasteiger partial charge < -0.3 is 10.5 Å². The molecule has 3 rings (SSSR count). The second-order valence-corrected chi connectivity index (χ2v) is 5.75. The van der Waals surface area contributed by atoms with Crippen molar-refractivity contribution in [2.24, 2.45) is 5.10 Å². The van der Waals surface area contributed by atoms with E-state index < -0.39 is 0 Å². The van der Waals surface area contributed by atoms with Crippen LogP contribution in [0.2, 0.25) is 0 Å². The molecule has 0 saturated carbocycles. The molecule has 0 unspecified atom stereocenters. The Balaban J connectivity index is 0.000000687. The summed E-state index contributed by atoms with van der Waals surface area (Å²) in [5.41, 5.74) is 11.4. The van der Waals surface area contributed by atoms with Crippen LogP contribution in [0.3, 0.4) is 0 Å². The zero-order valence-electron chi connectivity index (χ0n) is 16.8. The summed E-state index contributed by atoms with van der Waals surface area (Å²) in [7, 11) is 1.56. The number of nitrogens with one attached hydrogen (secondary N) is 1. The number of fused-ring (bicyclic) bond motifs is 1. The van der Waals surface area contributed by atoms with E-state index in [0.29, 0.717) is 22.8 Å². The fourth-order valence-corrected chi connectivity index (χ4v) is 2.17. The highest BCUT2D eigenvalue weighted by atomic mass is 16.5. The normalized spacial score (nSPS) is 11.1. The molecule has 3 aromatic rings. The van der Waals surface area contributed by atoms with Crippen LogP contribution in [-0.2, 0) is 4.74 Å². The minimum Gasteiger partial charge on any atom is -0.504 e. The number of rotatable bonds is 6. The first kappa shape index (κ1) is 21.4. The molecule has 0 aliphatic heterocycles. The molecule has 3 N–H and O–H groups in total. The highest BCUT2D eigenvalue weighted by molar-refractivity contribution is 5.89. The molecule has 0 amide bonds. The second-order valence-electron chi connectivity index (χ2n) is 5.75. The number of hydrogen-bond acceptors (Lipinski definition) is 7. The van der Waals surface area contributed by atoms with Crippen LogP contribution in [0.25, 0.3) is 16.7 Å². The Labute approximate surface area is 170 Å². The molecule has 0 aliphatic carbocycles. The van der Waals surface area contributed by atoms with Crippen molar-refractivity contribution in [2.45, 2.75) is 13.8 Å². The Morgan fingerprint density at radius 2 is 2.07 bits per heavy atom. The number of methoxy groups -OCH3 is 1. The smallest absolute Gasteiger partial charge is 0.168 e. The SMILES string of the molecule is C/C=C\C.C=C(/C=C/OC)n1ncc2c(N/N=C/c3cccc(N)c3)ncnc21. The number of ether oxygens (including phenoxy) is 1. The third kappa shape index (κ3) is 6.03. The molecular formula is C21H25N7O. The molecule has 0 bridgehead atoms. The van der Waals surface area contributed by atoms with E-state index >= 15 is 0 Å². The van der Waals surface area contributed by atoms with Crippen LogP contribution in [0.15, 0.2) is 73.0 Å². The predicted molar refractivity (Wildman–Crippen MR) is 119 cm³/mol. The van der Waals surface area contributed by atoms with Crippen LogP contribution in [0, 0.1) is 0 Å². The van der Waals surface area contributed by atoms with Gasteiger partial charge in [0.2, 0.25) is 0 Å². The minimum absolute atomic E-state index is 0.542. The van der Waals surface area contributed by atoms with Gasteiger partial charge in [0.05, 0.1) is 36.9 Å². The Bertz CT molecular complexity index is 1030. The van der Waals surface area contributed by atoms with Crippen molar-refractivity contribution < 1.29 is 4.74 Å². The number of allylic oxidation sites excluding steroid dienone is 4. The van der Waals surface area contributed by atoms with Gasteiger partial charge in [-0.3, -0.25) is 5.43 Å². The highest BCUT2D eigenvalue weighted by Gasteiger charge is 2.10. The van der Waals surface area contributed by atoms with Gasteiger partial charge in [-0.15, -0.1) is 0 Å². The molecule has 0 atom stereocenters. The summed E-state index contributed by atoms with van der Waals surface area (Å²) in [4.78, 5) is 8.46. The maximum atomic E-state index is 5.75. The van der Waals surface area contributed by atoms with Crippen LogP contribution in [0.4, 0.5) is 11.5 Å². The summed E-state index contributed by atoms with van der Waals surface area (Å²) in [5, 5.41) is 9.20. The molecule has 2 aromatic heterocycles. The summed E-state index contributed by atoms with van der Waals surface area (Å²) in [6, 6.07) is 7.41. The number of hydrogen-bond donors (Lipinski definition) is 2. The average Bonchev–Trinajstić information content (AvgIpc) is 3.17. The molecule has 0 spiro atoms. The van der Waals surface area contributed by atoms with Crippen LogP contribution in [-0.4, -0.2) is 33.1 Å². The summed E-state index contributed by atoms with van der Waals surface area (Å²) in [6.45, 7) is 7.94. The van der Waals surface area contributed by atoms with Gasteiger partial charge in [-0.05, 0) is 37.6 Å². The van der Waals surface area contributed by atoms with E-state index in [2.05, 4.69) is 32.2 Å². The molecule has 1 aromatic carbocycles. The number of nitrogens with zero attached hydrogens (tertiary/aromatic N) is 5. The molecular weight excluding hydrogens is 366 g/mol. The third-order valence-electron chi connectivity index (χ3n) is 3.66. The van der Waals surface area contributed by atoms with Crippen LogP contribution in [0.5, 0.6) is 0 Å². The fourth-order valence-electron chi connectivity index (χ4n) is 2.17. The standard InChI is InChI=1S/C17H17N7O.C4H8/c1-12(6-7-25-2)24-17-15(10-22-24)16(19-11-20-17)23-21-9-13-4-3-5-14(18)8-13;1-3-4-2/h3-11H,1,18H2,2H3,(H,19,20,23);3-4H,1-2H3/b7-6+,21-9+;4-3-. The van der Waals surface area contributed by atoms with Gasteiger partial charge in [-0.1, -0.05) is 30.9 Å². The van der Waals surface area contributed by atoms with E-state index in [0.717, 1.165) is 10.9 Å². The lowest BCUT2D eigenvalue weighted by Crippen LogP contribution is -1.99. The minimum atomic E-state index is 0.542. The van der Waals surface area contributed by atoms with Crippen LogP contribution >= 0.6 is 0 Å². The summed E-state index contributed by atoms with van der Waals surface area (Å²) >= 11 is 0. The predicted octanol–water partition coefficient (Wildman–Crippen LogP) is 4.07. The lowest BCUT2D eigenvalue weighted by Gasteiger charge is -2.03. The first-order valence-electron chi connectivity index (χ1n) is 8.90. The first-order chi connectivity index (χ1) is 14.1. The average molecular weight is 391 g/mol. The van der Waals surface area contributed by atoms with Gasteiger partial charge in [0, 0.05) is 5.69 Å². The summed E-state index contributed by atoms with van der Waals surface area (Å²) < 4.78 is 6.49. The number of hydrazone groups is 1. The number of nitrogens with two attached hydrogens (primary N) is 1. The molecule has 29 heavy (non-hydrogen) atoms. The van der Waals surface area contributed by atoms with Gasteiger partial charge in [0.25, 0.3) is 0 Å². The summed E-state index contributed by atoms with van der Waals surface area (Å²) in [6.07, 6.45) is 12.0. The van der Waals surface area contributed by atoms with Crippen LogP contribution < -0.4 is 11.2 Å². The van der Waals surface area contributed by atoms with Gasteiger partial charge in [-0.25, -0.2) is 14.6 Å². The van der Waals surface area contributed by atoms with Gasteiger partial charge in [0.1, 0.15) is 6.33 Å². The number of aromatic nitrogens is 4. The lowest BCUT2D eigenvalue weighted by atomic mass is 10.2. The quantitative estimate of drug-likeness (QED) is 0.164. The fraction of sp³-hybridized carbons (Fsp3) is 0.143. The zero-order valence-corrected chi connectivity index (χ0v) is 16.8. The van der Waals surface area contributed by atoms with Crippen molar-refractivity contribution in [2.75, 3.05) is 18.3 Å². The van der Waals surface area contributed by atoms with Crippen molar-refractivity contribution in [3.63, 3.8) is 0 Å². The van der Waals surface area contributed by atoms with Gasteiger partial charge in [0.15, 0.2) is 11.5 Å². The maximum absolute atomic E-state index is 5.75.